The Kier molecular flexibility index (Phi) is 6.62. The Morgan fingerprint density at radius 1 is 1.03 bits per heavy atom. The number of nitrogens with one attached hydrogen (secondary N) is 3. The maximum absolute atomic E-state index is 12.9. The molecule has 9 nitrogen and oxygen atoms in total. The van der Waals surface area contributed by atoms with Crippen molar-refractivity contribution in [1.82, 2.24) is 25.4 Å². The molecule has 0 aliphatic rings. The number of sulfonamides is 1. The maximum Gasteiger partial charge on any atom is 0.405 e. The fraction of sp³-hybridized carbons (Fsp3) is 0.348. The molecule has 33 heavy (non-hydrogen) atoms. The van der Waals surface area contributed by atoms with Crippen molar-refractivity contribution in [2.75, 3.05) is 0 Å². The molecule has 1 unspecified atom stereocenters. The Morgan fingerprint density at radius 3 is 2.24 bits per heavy atom. The Balaban J connectivity index is 1.87. The Labute approximate surface area is 193 Å². The first-order chi connectivity index (χ1) is 15.3. The van der Waals surface area contributed by atoms with E-state index in [1.54, 1.807) is 38.1 Å². The smallest absolute Gasteiger partial charge is 0.405 e. The summed E-state index contributed by atoms with van der Waals surface area (Å²) in [6.07, 6.45) is 0.388. The summed E-state index contributed by atoms with van der Waals surface area (Å²) >= 11 is 0. The van der Waals surface area contributed by atoms with Gasteiger partial charge in [0.25, 0.3) is 0 Å². The number of aromatic amines is 1. The van der Waals surface area contributed by atoms with E-state index in [2.05, 4.69) is 25.4 Å². The second kappa shape index (κ2) is 8.95. The summed E-state index contributed by atoms with van der Waals surface area (Å²) in [5, 5.41) is 22.1. The minimum atomic E-state index is -3.80. The second-order valence-corrected chi connectivity index (χ2v) is 11.2. The van der Waals surface area contributed by atoms with E-state index >= 15 is 0 Å². The van der Waals surface area contributed by atoms with E-state index in [0.717, 1.165) is 16.7 Å². The third-order valence-corrected chi connectivity index (χ3v) is 6.97. The van der Waals surface area contributed by atoms with Gasteiger partial charge in [-0.2, -0.15) is 20.1 Å². The molecule has 0 spiro atoms. The van der Waals surface area contributed by atoms with Crippen molar-refractivity contribution in [3.05, 3.63) is 66.0 Å². The van der Waals surface area contributed by atoms with Crippen LogP contribution in [0.3, 0.4) is 0 Å². The second-order valence-electron chi connectivity index (χ2n) is 9.48. The van der Waals surface area contributed by atoms with Gasteiger partial charge in [-0.15, -0.1) is 0 Å². The third kappa shape index (κ3) is 5.77. The van der Waals surface area contributed by atoms with Gasteiger partial charge >= 0.3 is 6.09 Å². The van der Waals surface area contributed by atoms with Crippen LogP contribution in [0.25, 0.3) is 11.1 Å². The highest BCUT2D eigenvalue weighted by molar-refractivity contribution is 7.89. The number of carbonyl (C=O) groups is 1. The number of rotatable bonds is 7. The minimum absolute atomic E-state index is 0.124. The SMILES string of the molecule is CC(C)(NS(=O)(=O)c1ccc(-c2cccc(C(NC(=O)O)C(C)(C)C)c2)cc1)c1cn[nH]n1. The molecule has 176 valence electrons. The van der Waals surface area contributed by atoms with Crippen LogP contribution in [0, 0.1) is 5.41 Å². The molecule has 3 aromatic rings. The summed E-state index contributed by atoms with van der Waals surface area (Å²) in [5.41, 5.74) is 1.69. The molecule has 0 saturated heterocycles. The van der Waals surface area contributed by atoms with Crippen molar-refractivity contribution in [3.8, 4) is 11.1 Å². The molecule has 0 saturated carbocycles. The molecular formula is C23H29N5O4S. The summed E-state index contributed by atoms with van der Waals surface area (Å²) in [5.74, 6) is 0. The van der Waals surface area contributed by atoms with Crippen molar-refractivity contribution in [2.45, 2.75) is 51.1 Å². The highest BCUT2D eigenvalue weighted by atomic mass is 32.2. The Morgan fingerprint density at radius 2 is 1.70 bits per heavy atom. The molecule has 1 atom stereocenters. The average Bonchev–Trinajstić information content (AvgIpc) is 3.27. The quantitative estimate of drug-likeness (QED) is 0.410. The van der Waals surface area contributed by atoms with Crippen LogP contribution in [0.4, 0.5) is 4.79 Å². The average molecular weight is 472 g/mol. The number of aromatic nitrogens is 3. The van der Waals surface area contributed by atoms with Gasteiger partial charge in [0, 0.05) is 0 Å². The van der Waals surface area contributed by atoms with Crippen LogP contribution in [0.2, 0.25) is 0 Å². The highest BCUT2D eigenvalue weighted by Crippen LogP contribution is 2.34. The Bertz CT molecular complexity index is 1210. The molecule has 1 aromatic heterocycles. The molecule has 10 heteroatoms. The van der Waals surface area contributed by atoms with E-state index < -0.39 is 27.7 Å². The first kappa shape index (κ1) is 24.4. The number of amides is 1. The van der Waals surface area contributed by atoms with E-state index in [9.17, 15) is 18.3 Å². The van der Waals surface area contributed by atoms with Crippen LogP contribution >= 0.6 is 0 Å². The number of H-pyrrole nitrogens is 1. The van der Waals surface area contributed by atoms with Gasteiger partial charge in [-0.3, -0.25) is 0 Å². The minimum Gasteiger partial charge on any atom is -0.465 e. The summed E-state index contributed by atoms with van der Waals surface area (Å²) < 4.78 is 28.5. The lowest BCUT2D eigenvalue weighted by atomic mass is 9.81. The predicted octanol–water partition coefficient (Wildman–Crippen LogP) is 4.04. The van der Waals surface area contributed by atoms with Crippen molar-refractivity contribution < 1.29 is 18.3 Å². The lowest BCUT2D eigenvalue weighted by Gasteiger charge is -2.31. The number of nitrogens with zero attached hydrogens (tertiary/aromatic N) is 2. The van der Waals surface area contributed by atoms with Crippen LogP contribution in [-0.2, 0) is 15.6 Å². The van der Waals surface area contributed by atoms with Crippen LogP contribution in [0.15, 0.2) is 59.6 Å². The zero-order chi connectivity index (χ0) is 24.4. The normalized spacial score (nSPS) is 13.5. The number of hydrogen-bond acceptors (Lipinski definition) is 5. The van der Waals surface area contributed by atoms with Crippen molar-refractivity contribution in [2.24, 2.45) is 5.41 Å². The largest absolute Gasteiger partial charge is 0.465 e. The third-order valence-electron chi connectivity index (χ3n) is 5.30. The molecule has 3 rings (SSSR count). The topological polar surface area (TPSA) is 137 Å². The molecule has 2 aromatic carbocycles. The molecule has 0 fully saturated rings. The van der Waals surface area contributed by atoms with Gasteiger partial charge in [0.05, 0.1) is 22.7 Å². The molecule has 4 N–H and O–H groups in total. The van der Waals surface area contributed by atoms with Crippen LogP contribution in [-0.4, -0.2) is 35.0 Å². The summed E-state index contributed by atoms with van der Waals surface area (Å²) in [4.78, 5) is 11.4. The van der Waals surface area contributed by atoms with E-state index in [4.69, 9.17) is 0 Å². The van der Waals surface area contributed by atoms with Gasteiger partial charge in [-0.1, -0.05) is 51.1 Å². The van der Waals surface area contributed by atoms with Gasteiger partial charge in [-0.25, -0.2) is 13.2 Å². The van der Waals surface area contributed by atoms with Gasteiger partial charge in [0.15, 0.2) is 0 Å². The maximum atomic E-state index is 12.9. The van der Waals surface area contributed by atoms with Gasteiger partial charge in [0.1, 0.15) is 5.69 Å². The number of benzene rings is 2. The van der Waals surface area contributed by atoms with E-state index in [0.29, 0.717) is 5.69 Å². The molecule has 1 heterocycles. The van der Waals surface area contributed by atoms with Crippen LogP contribution < -0.4 is 10.0 Å². The van der Waals surface area contributed by atoms with Gasteiger partial charge < -0.3 is 10.4 Å². The van der Waals surface area contributed by atoms with Gasteiger partial charge in [-0.05, 0) is 54.2 Å². The molecule has 0 radical (unpaired) electrons. The highest BCUT2D eigenvalue weighted by Gasteiger charge is 2.30. The van der Waals surface area contributed by atoms with Crippen LogP contribution in [0.1, 0.15) is 51.9 Å². The zero-order valence-electron chi connectivity index (χ0n) is 19.2. The monoisotopic (exact) mass is 471 g/mol. The van der Waals surface area contributed by atoms with Crippen LogP contribution in [0.5, 0.6) is 0 Å². The first-order valence-corrected chi connectivity index (χ1v) is 11.9. The predicted molar refractivity (Wildman–Crippen MR) is 125 cm³/mol. The van der Waals surface area contributed by atoms with E-state index in [1.165, 1.54) is 6.20 Å². The summed E-state index contributed by atoms with van der Waals surface area (Å²) in [6.45, 7) is 9.31. The van der Waals surface area contributed by atoms with E-state index in [-0.39, 0.29) is 10.3 Å². The fourth-order valence-corrected chi connectivity index (χ4v) is 4.99. The molecule has 0 aliphatic heterocycles. The fourth-order valence-electron chi connectivity index (χ4n) is 3.60. The lowest BCUT2D eigenvalue weighted by Crippen LogP contribution is -2.41. The Hall–Kier alpha value is -3.24. The number of carboxylic acid groups (broad SMARTS) is 1. The van der Waals surface area contributed by atoms with Crippen molar-refractivity contribution in [3.63, 3.8) is 0 Å². The standard InChI is InChI=1S/C23H29N5O4S/c1-22(2,3)20(25-21(29)30)17-8-6-7-16(13-17)15-9-11-18(12-10-15)33(31,32)27-23(4,5)19-14-24-28-26-19/h6-14,20,25,27H,1-5H3,(H,29,30)(H,24,26,28). The molecule has 0 bridgehead atoms. The van der Waals surface area contributed by atoms with Crippen molar-refractivity contribution in [1.29, 1.82) is 0 Å². The first-order valence-electron chi connectivity index (χ1n) is 10.4. The van der Waals surface area contributed by atoms with Gasteiger partial charge in [0.2, 0.25) is 10.0 Å². The summed E-state index contributed by atoms with van der Waals surface area (Å²) in [7, 11) is -3.80. The molecule has 0 aliphatic carbocycles. The van der Waals surface area contributed by atoms with Crippen molar-refractivity contribution >= 4 is 16.1 Å². The lowest BCUT2D eigenvalue weighted by molar-refractivity contribution is 0.175. The van der Waals surface area contributed by atoms with E-state index in [1.807, 2.05) is 45.0 Å². The summed E-state index contributed by atoms with van der Waals surface area (Å²) in [6, 6.07) is 13.7. The zero-order valence-corrected chi connectivity index (χ0v) is 20.1. The molecule has 1 amide bonds. The molecular weight excluding hydrogens is 442 g/mol. The number of hydrogen-bond donors (Lipinski definition) is 4.